The number of hydrogen-bond acceptors (Lipinski definition) is 6. The molecule has 0 unspecified atom stereocenters. The third kappa shape index (κ3) is 4.90. The number of esters is 1. The van der Waals surface area contributed by atoms with Crippen molar-refractivity contribution in [3.05, 3.63) is 76.2 Å². The molecule has 7 nitrogen and oxygen atoms in total. The number of anilines is 1. The molecular formula is C25H24N2O5S. The normalized spacial score (nSPS) is 12.6. The fourth-order valence-corrected chi connectivity index (χ4v) is 4.96. The zero-order valence-corrected chi connectivity index (χ0v) is 19.2. The number of nitrogens with zero attached hydrogens (tertiary/aromatic N) is 1. The number of benzene rings is 2. The van der Waals surface area contributed by atoms with Gasteiger partial charge in [-0.1, -0.05) is 30.3 Å². The molecular weight excluding hydrogens is 440 g/mol. The van der Waals surface area contributed by atoms with Crippen LogP contribution in [-0.2, 0) is 22.5 Å². The third-order valence-electron chi connectivity index (χ3n) is 5.31. The Kier molecular flexibility index (Phi) is 6.74. The van der Waals surface area contributed by atoms with Gasteiger partial charge in [0.1, 0.15) is 16.5 Å². The molecule has 0 bridgehead atoms. The van der Waals surface area contributed by atoms with E-state index in [-0.39, 0.29) is 12.5 Å². The number of para-hydroxylation sites is 2. The number of fused-ring (bicyclic) bond motifs is 1. The fourth-order valence-electron chi connectivity index (χ4n) is 3.71. The minimum Gasteiger partial charge on any atom is -0.462 e. The lowest BCUT2D eigenvalue weighted by Gasteiger charge is -2.25. The predicted octanol–water partition coefficient (Wildman–Crippen LogP) is 4.87. The molecule has 0 atom stereocenters. The molecule has 0 aliphatic carbocycles. The van der Waals surface area contributed by atoms with Gasteiger partial charge in [0, 0.05) is 18.3 Å². The monoisotopic (exact) mass is 464 g/mol. The third-order valence-corrected chi connectivity index (χ3v) is 6.44. The summed E-state index contributed by atoms with van der Waals surface area (Å²) in [6.45, 7) is 4.42. The maximum absolute atomic E-state index is 13.2. The summed E-state index contributed by atoms with van der Waals surface area (Å²) >= 11 is 1.30. The second-order valence-electron chi connectivity index (χ2n) is 7.48. The Morgan fingerprint density at radius 1 is 1.06 bits per heavy atom. The van der Waals surface area contributed by atoms with E-state index in [4.69, 9.17) is 9.47 Å². The van der Waals surface area contributed by atoms with E-state index in [0.717, 1.165) is 10.4 Å². The topological polar surface area (TPSA) is 84.9 Å². The fraction of sp³-hybridized carbons (Fsp3) is 0.240. The van der Waals surface area contributed by atoms with Crippen molar-refractivity contribution in [2.24, 2.45) is 0 Å². The lowest BCUT2D eigenvalue weighted by atomic mass is 10.0. The Balaban J connectivity index is 1.65. The number of amides is 2. The van der Waals surface area contributed by atoms with Crippen molar-refractivity contribution in [1.82, 2.24) is 4.90 Å². The van der Waals surface area contributed by atoms with Crippen LogP contribution in [0.4, 0.5) is 5.00 Å². The molecule has 4 rings (SSSR count). The van der Waals surface area contributed by atoms with E-state index in [2.05, 4.69) is 5.32 Å². The standard InChI is InChI=1S/C25H24N2O5S/c1-3-31-25(30)22-19-13-14-27(16(2)28)15-21(19)33-24(22)26-23(29)18-11-7-8-12-20(18)32-17-9-5-4-6-10-17/h4-12H,3,13-15H2,1-2H3,(H,26,29). The largest absolute Gasteiger partial charge is 0.462 e. The van der Waals surface area contributed by atoms with Crippen molar-refractivity contribution >= 4 is 34.1 Å². The van der Waals surface area contributed by atoms with Crippen molar-refractivity contribution in [2.45, 2.75) is 26.8 Å². The predicted molar refractivity (Wildman–Crippen MR) is 126 cm³/mol. The second kappa shape index (κ2) is 9.87. The van der Waals surface area contributed by atoms with Crippen LogP contribution in [0.15, 0.2) is 54.6 Å². The minimum atomic E-state index is -0.476. The van der Waals surface area contributed by atoms with Crippen molar-refractivity contribution in [1.29, 1.82) is 0 Å². The summed E-state index contributed by atoms with van der Waals surface area (Å²) < 4.78 is 11.2. The minimum absolute atomic E-state index is 0.0238. The van der Waals surface area contributed by atoms with Crippen LogP contribution in [-0.4, -0.2) is 35.8 Å². The Morgan fingerprint density at radius 2 is 1.79 bits per heavy atom. The zero-order chi connectivity index (χ0) is 23.4. The summed E-state index contributed by atoms with van der Waals surface area (Å²) in [5.41, 5.74) is 1.54. The maximum atomic E-state index is 13.2. The van der Waals surface area contributed by atoms with Gasteiger partial charge in [0.25, 0.3) is 5.91 Å². The first kappa shape index (κ1) is 22.5. The first-order valence-electron chi connectivity index (χ1n) is 10.7. The van der Waals surface area contributed by atoms with E-state index in [1.165, 1.54) is 18.3 Å². The van der Waals surface area contributed by atoms with Gasteiger partial charge < -0.3 is 19.7 Å². The number of nitrogens with one attached hydrogen (secondary N) is 1. The molecule has 0 spiro atoms. The van der Waals surface area contributed by atoms with E-state index in [1.807, 2.05) is 30.3 Å². The lowest BCUT2D eigenvalue weighted by Crippen LogP contribution is -2.34. The van der Waals surface area contributed by atoms with E-state index in [9.17, 15) is 14.4 Å². The Morgan fingerprint density at radius 3 is 2.52 bits per heavy atom. The molecule has 1 aliphatic heterocycles. The molecule has 2 heterocycles. The molecule has 2 aromatic carbocycles. The quantitative estimate of drug-likeness (QED) is 0.526. The van der Waals surface area contributed by atoms with Gasteiger partial charge in [-0.15, -0.1) is 11.3 Å². The molecule has 3 aromatic rings. The Labute approximate surface area is 195 Å². The maximum Gasteiger partial charge on any atom is 0.341 e. The van der Waals surface area contributed by atoms with Crippen molar-refractivity contribution in [3.63, 3.8) is 0 Å². The van der Waals surface area contributed by atoms with Gasteiger partial charge in [0.2, 0.25) is 5.91 Å². The van der Waals surface area contributed by atoms with Gasteiger partial charge in [-0.3, -0.25) is 9.59 Å². The zero-order valence-electron chi connectivity index (χ0n) is 18.4. The number of hydrogen-bond donors (Lipinski definition) is 1. The highest BCUT2D eigenvalue weighted by Crippen LogP contribution is 2.38. The first-order valence-corrected chi connectivity index (χ1v) is 11.5. The number of ether oxygens (including phenoxy) is 2. The Bertz CT molecular complexity index is 1190. The van der Waals surface area contributed by atoms with Crippen LogP contribution in [0.1, 0.15) is 45.0 Å². The summed E-state index contributed by atoms with van der Waals surface area (Å²) in [5.74, 6) is 0.123. The molecule has 2 amide bonds. The smallest absolute Gasteiger partial charge is 0.341 e. The summed E-state index contributed by atoms with van der Waals surface area (Å²) in [6.07, 6.45) is 0.531. The molecule has 0 radical (unpaired) electrons. The highest BCUT2D eigenvalue weighted by atomic mass is 32.1. The van der Waals surface area contributed by atoms with Crippen molar-refractivity contribution in [2.75, 3.05) is 18.5 Å². The molecule has 0 fully saturated rings. The molecule has 33 heavy (non-hydrogen) atoms. The summed E-state index contributed by atoms with van der Waals surface area (Å²) in [4.78, 5) is 40.5. The van der Waals surface area contributed by atoms with Gasteiger partial charge in [0.15, 0.2) is 0 Å². The van der Waals surface area contributed by atoms with Crippen LogP contribution in [0.25, 0.3) is 0 Å². The van der Waals surface area contributed by atoms with Gasteiger partial charge in [-0.2, -0.15) is 0 Å². The molecule has 1 N–H and O–H groups in total. The molecule has 8 heteroatoms. The highest BCUT2D eigenvalue weighted by molar-refractivity contribution is 7.17. The van der Waals surface area contributed by atoms with E-state index < -0.39 is 11.9 Å². The average molecular weight is 465 g/mol. The SMILES string of the molecule is CCOC(=O)c1c(NC(=O)c2ccccc2Oc2ccccc2)sc2c1CCN(C(C)=O)C2. The number of carbonyl (C=O) groups is 3. The number of thiophene rings is 1. The van der Waals surface area contributed by atoms with Gasteiger partial charge in [-0.25, -0.2) is 4.79 Å². The van der Waals surface area contributed by atoms with Gasteiger partial charge in [0.05, 0.1) is 24.3 Å². The van der Waals surface area contributed by atoms with Crippen LogP contribution in [0.3, 0.4) is 0 Å². The average Bonchev–Trinajstić information content (AvgIpc) is 3.17. The molecule has 1 aromatic heterocycles. The Hall–Kier alpha value is -3.65. The van der Waals surface area contributed by atoms with Crippen LogP contribution >= 0.6 is 11.3 Å². The molecule has 0 saturated heterocycles. The molecule has 170 valence electrons. The van der Waals surface area contributed by atoms with E-state index >= 15 is 0 Å². The van der Waals surface area contributed by atoms with Crippen LogP contribution < -0.4 is 10.1 Å². The molecule has 0 saturated carbocycles. The summed E-state index contributed by atoms with van der Waals surface area (Å²) in [7, 11) is 0. The van der Waals surface area contributed by atoms with E-state index in [0.29, 0.717) is 47.1 Å². The van der Waals surface area contributed by atoms with Crippen molar-refractivity contribution < 1.29 is 23.9 Å². The summed E-state index contributed by atoms with van der Waals surface area (Å²) in [6, 6.07) is 16.1. The molecule has 1 aliphatic rings. The van der Waals surface area contributed by atoms with E-state index in [1.54, 1.807) is 36.1 Å². The number of carbonyl (C=O) groups excluding carboxylic acids is 3. The number of rotatable bonds is 6. The lowest BCUT2D eigenvalue weighted by molar-refractivity contribution is -0.129. The first-order chi connectivity index (χ1) is 16.0. The van der Waals surface area contributed by atoms with Crippen molar-refractivity contribution in [3.8, 4) is 11.5 Å². The summed E-state index contributed by atoms with van der Waals surface area (Å²) in [5, 5.41) is 3.31. The van der Waals surface area contributed by atoms with Crippen LogP contribution in [0.5, 0.6) is 11.5 Å². The van der Waals surface area contributed by atoms with Gasteiger partial charge in [-0.05, 0) is 43.2 Å². The van der Waals surface area contributed by atoms with Crippen LogP contribution in [0.2, 0.25) is 0 Å². The van der Waals surface area contributed by atoms with Gasteiger partial charge >= 0.3 is 5.97 Å². The van der Waals surface area contributed by atoms with Crippen LogP contribution in [0, 0.1) is 0 Å². The second-order valence-corrected chi connectivity index (χ2v) is 8.59. The highest BCUT2D eigenvalue weighted by Gasteiger charge is 2.30.